The lowest BCUT2D eigenvalue weighted by Gasteiger charge is -2.07. The van der Waals surface area contributed by atoms with Crippen LogP contribution in [0.5, 0.6) is 0 Å². The molecule has 1 aromatic carbocycles. The molecule has 0 aliphatic carbocycles. The molecule has 106 valence electrons. The number of hydrogen-bond donors (Lipinski definition) is 1. The molecule has 0 bridgehead atoms. The van der Waals surface area contributed by atoms with Crippen molar-refractivity contribution in [2.75, 3.05) is 0 Å². The van der Waals surface area contributed by atoms with Crippen molar-refractivity contribution < 1.29 is 31.9 Å². The van der Waals surface area contributed by atoms with Gasteiger partial charge in [-0.2, -0.15) is 18.3 Å². The SMILES string of the molecule is O=C(O)c1cc(F)c(-n2ccc(C(F)(F)F)n2)c(F)c1. The first-order chi connectivity index (χ1) is 9.20. The molecule has 2 aromatic rings. The Morgan fingerprint density at radius 3 is 2.15 bits per heavy atom. The first-order valence-electron chi connectivity index (χ1n) is 5.05. The third-order valence-corrected chi connectivity index (χ3v) is 2.37. The number of halogens is 5. The summed E-state index contributed by atoms with van der Waals surface area (Å²) in [5, 5.41) is 11.6. The number of carboxylic acid groups (broad SMARTS) is 1. The van der Waals surface area contributed by atoms with Crippen molar-refractivity contribution in [3.8, 4) is 5.69 Å². The monoisotopic (exact) mass is 292 g/mol. The van der Waals surface area contributed by atoms with Gasteiger partial charge in [-0.3, -0.25) is 0 Å². The van der Waals surface area contributed by atoms with Crippen LogP contribution in [0.25, 0.3) is 5.69 Å². The minimum atomic E-state index is -4.75. The molecule has 0 spiro atoms. The number of carboxylic acids is 1. The Labute approximate surface area is 108 Å². The van der Waals surface area contributed by atoms with E-state index in [1.165, 1.54) is 0 Å². The highest BCUT2D eigenvalue weighted by atomic mass is 19.4. The van der Waals surface area contributed by atoms with E-state index in [9.17, 15) is 26.7 Å². The zero-order valence-electron chi connectivity index (χ0n) is 9.45. The Kier molecular flexibility index (Phi) is 3.20. The van der Waals surface area contributed by atoms with Gasteiger partial charge in [0.15, 0.2) is 17.3 Å². The molecule has 0 unspecified atom stereocenters. The fourth-order valence-electron chi connectivity index (χ4n) is 1.51. The molecular formula is C11H5F5N2O2. The van der Waals surface area contributed by atoms with E-state index in [0.717, 1.165) is 6.20 Å². The van der Waals surface area contributed by atoms with E-state index < -0.39 is 40.7 Å². The summed E-state index contributed by atoms with van der Waals surface area (Å²) in [4.78, 5) is 10.6. The topological polar surface area (TPSA) is 55.1 Å². The summed E-state index contributed by atoms with van der Waals surface area (Å²) in [5.74, 6) is -4.23. The van der Waals surface area contributed by atoms with Gasteiger partial charge in [0.2, 0.25) is 0 Å². The highest BCUT2D eigenvalue weighted by molar-refractivity contribution is 5.87. The van der Waals surface area contributed by atoms with Crippen molar-refractivity contribution in [3.05, 3.63) is 47.3 Å². The Morgan fingerprint density at radius 1 is 1.20 bits per heavy atom. The number of nitrogens with zero attached hydrogens (tertiary/aromatic N) is 2. The maximum atomic E-state index is 13.6. The molecule has 20 heavy (non-hydrogen) atoms. The summed E-state index contributed by atoms with van der Waals surface area (Å²) in [6.07, 6.45) is -4.02. The lowest BCUT2D eigenvalue weighted by atomic mass is 10.2. The van der Waals surface area contributed by atoms with E-state index in [0.29, 0.717) is 22.9 Å². The van der Waals surface area contributed by atoms with Crippen molar-refractivity contribution in [1.29, 1.82) is 0 Å². The van der Waals surface area contributed by atoms with Crippen molar-refractivity contribution in [1.82, 2.24) is 9.78 Å². The number of aromatic carboxylic acids is 1. The van der Waals surface area contributed by atoms with Crippen LogP contribution in [0.3, 0.4) is 0 Å². The summed E-state index contributed by atoms with van der Waals surface area (Å²) in [6.45, 7) is 0. The van der Waals surface area contributed by atoms with Crippen molar-refractivity contribution in [2.45, 2.75) is 6.18 Å². The van der Waals surface area contributed by atoms with Gasteiger partial charge in [0.1, 0.15) is 5.69 Å². The minimum Gasteiger partial charge on any atom is -0.478 e. The first-order valence-corrected chi connectivity index (χ1v) is 5.05. The third kappa shape index (κ3) is 2.46. The molecule has 4 nitrogen and oxygen atoms in total. The average Bonchev–Trinajstić information content (AvgIpc) is 2.76. The molecule has 0 saturated carbocycles. The lowest BCUT2D eigenvalue weighted by Crippen LogP contribution is -2.10. The van der Waals surface area contributed by atoms with Gasteiger partial charge in [-0.15, -0.1) is 0 Å². The summed E-state index contributed by atoms with van der Waals surface area (Å²) in [7, 11) is 0. The molecule has 0 aliphatic heterocycles. The fraction of sp³-hybridized carbons (Fsp3) is 0.0909. The van der Waals surface area contributed by atoms with Gasteiger partial charge in [-0.25, -0.2) is 18.3 Å². The molecule has 1 aromatic heterocycles. The van der Waals surface area contributed by atoms with Crippen LogP contribution < -0.4 is 0 Å². The van der Waals surface area contributed by atoms with Crippen molar-refractivity contribution in [3.63, 3.8) is 0 Å². The predicted octanol–water partition coefficient (Wildman–Crippen LogP) is 2.87. The molecule has 0 fully saturated rings. The standard InChI is InChI=1S/C11H5F5N2O2/c12-6-3-5(10(19)20)4-7(13)9(6)18-2-1-8(17-18)11(14,15)16/h1-4H,(H,19,20). The maximum absolute atomic E-state index is 13.6. The Morgan fingerprint density at radius 2 is 1.75 bits per heavy atom. The lowest BCUT2D eigenvalue weighted by molar-refractivity contribution is -0.141. The zero-order chi connectivity index (χ0) is 15.1. The molecule has 0 radical (unpaired) electrons. The highest BCUT2D eigenvalue weighted by Crippen LogP contribution is 2.28. The zero-order valence-corrected chi connectivity index (χ0v) is 9.45. The molecule has 0 saturated heterocycles. The maximum Gasteiger partial charge on any atom is 0.435 e. The van der Waals surface area contributed by atoms with Gasteiger partial charge in [-0.1, -0.05) is 0 Å². The van der Waals surface area contributed by atoms with Gasteiger partial charge in [0, 0.05) is 6.20 Å². The molecule has 2 rings (SSSR count). The molecule has 0 atom stereocenters. The van der Waals surface area contributed by atoms with Crippen LogP contribution in [-0.2, 0) is 6.18 Å². The van der Waals surface area contributed by atoms with Crippen molar-refractivity contribution >= 4 is 5.97 Å². The Bertz CT molecular complexity index is 655. The van der Waals surface area contributed by atoms with E-state index in [1.807, 2.05) is 0 Å². The van der Waals surface area contributed by atoms with Crippen LogP contribution in [0, 0.1) is 11.6 Å². The molecule has 1 heterocycles. The van der Waals surface area contributed by atoms with Gasteiger partial charge < -0.3 is 5.11 Å². The van der Waals surface area contributed by atoms with Crippen LogP contribution in [-0.4, -0.2) is 20.9 Å². The van der Waals surface area contributed by atoms with E-state index in [-0.39, 0.29) is 0 Å². The number of alkyl halides is 3. The average molecular weight is 292 g/mol. The second-order valence-corrected chi connectivity index (χ2v) is 3.74. The summed E-state index contributed by atoms with van der Waals surface area (Å²) in [6, 6.07) is 1.54. The van der Waals surface area contributed by atoms with Crippen LogP contribution in [0.4, 0.5) is 22.0 Å². The Balaban J connectivity index is 2.53. The van der Waals surface area contributed by atoms with Crippen LogP contribution in [0.15, 0.2) is 24.4 Å². The fourth-order valence-corrected chi connectivity index (χ4v) is 1.51. The smallest absolute Gasteiger partial charge is 0.435 e. The molecule has 0 amide bonds. The summed E-state index contributed by atoms with van der Waals surface area (Å²) >= 11 is 0. The van der Waals surface area contributed by atoms with Gasteiger partial charge in [0.25, 0.3) is 0 Å². The van der Waals surface area contributed by atoms with E-state index in [4.69, 9.17) is 5.11 Å². The number of benzene rings is 1. The minimum absolute atomic E-state index is 0.360. The quantitative estimate of drug-likeness (QED) is 0.866. The van der Waals surface area contributed by atoms with E-state index in [2.05, 4.69) is 5.10 Å². The predicted molar refractivity (Wildman–Crippen MR) is 55.4 cm³/mol. The Hall–Kier alpha value is -2.45. The van der Waals surface area contributed by atoms with Crippen molar-refractivity contribution in [2.24, 2.45) is 0 Å². The van der Waals surface area contributed by atoms with E-state index in [1.54, 1.807) is 0 Å². The number of hydrogen-bond acceptors (Lipinski definition) is 2. The normalized spacial score (nSPS) is 11.7. The molecule has 1 N–H and O–H groups in total. The number of rotatable bonds is 2. The molecule has 9 heteroatoms. The second-order valence-electron chi connectivity index (χ2n) is 3.74. The summed E-state index contributed by atoms with van der Waals surface area (Å²) < 4.78 is 64.6. The first kappa shape index (κ1) is 14.0. The highest BCUT2D eigenvalue weighted by Gasteiger charge is 2.34. The van der Waals surface area contributed by atoms with Crippen LogP contribution in [0.2, 0.25) is 0 Å². The second kappa shape index (κ2) is 4.58. The third-order valence-electron chi connectivity index (χ3n) is 2.37. The number of aromatic nitrogens is 2. The molecular weight excluding hydrogens is 287 g/mol. The van der Waals surface area contributed by atoms with Crippen LogP contribution >= 0.6 is 0 Å². The largest absolute Gasteiger partial charge is 0.478 e. The molecule has 0 aliphatic rings. The number of carbonyl (C=O) groups is 1. The van der Waals surface area contributed by atoms with Crippen LogP contribution in [0.1, 0.15) is 16.1 Å². The van der Waals surface area contributed by atoms with Gasteiger partial charge in [0.05, 0.1) is 5.56 Å². The van der Waals surface area contributed by atoms with Gasteiger partial charge in [-0.05, 0) is 18.2 Å². The van der Waals surface area contributed by atoms with Gasteiger partial charge >= 0.3 is 12.1 Å². The summed E-state index contributed by atoms with van der Waals surface area (Å²) in [5.41, 5.74) is -2.86. The van der Waals surface area contributed by atoms with E-state index >= 15 is 0 Å².